The highest BCUT2D eigenvalue weighted by atomic mass is 16.7. The van der Waals surface area contributed by atoms with E-state index < -0.39 is 0 Å². The number of hydrogen-bond donors (Lipinski definition) is 2. The standard InChI is InChI=1S/C12H11N3O3/c1-7-13-5-9(14-7)12(16)15-8-2-3-10-11(4-8)18-6-17-10/h2-5H,6H2,1H3,(H,13,14)(H,15,16). The molecule has 0 atom stereocenters. The van der Waals surface area contributed by atoms with Gasteiger partial charge in [-0.1, -0.05) is 0 Å². The zero-order valence-electron chi connectivity index (χ0n) is 9.69. The van der Waals surface area contributed by atoms with Crippen molar-refractivity contribution in [3.8, 4) is 11.5 Å². The number of H-pyrrole nitrogens is 1. The summed E-state index contributed by atoms with van der Waals surface area (Å²) < 4.78 is 10.4. The van der Waals surface area contributed by atoms with Gasteiger partial charge in [0, 0.05) is 11.8 Å². The first-order valence-electron chi connectivity index (χ1n) is 5.45. The molecule has 0 spiro atoms. The lowest BCUT2D eigenvalue weighted by atomic mass is 10.2. The number of amides is 1. The Morgan fingerprint density at radius 2 is 2.22 bits per heavy atom. The molecule has 1 aromatic heterocycles. The summed E-state index contributed by atoms with van der Waals surface area (Å²) in [5.74, 6) is 1.78. The highest BCUT2D eigenvalue weighted by molar-refractivity contribution is 6.02. The summed E-state index contributed by atoms with van der Waals surface area (Å²) >= 11 is 0. The quantitative estimate of drug-likeness (QED) is 0.844. The average Bonchev–Trinajstić information content (AvgIpc) is 2.96. The van der Waals surface area contributed by atoms with E-state index in [-0.39, 0.29) is 12.7 Å². The van der Waals surface area contributed by atoms with Crippen LogP contribution >= 0.6 is 0 Å². The van der Waals surface area contributed by atoms with Crippen LogP contribution in [0.2, 0.25) is 0 Å². The van der Waals surface area contributed by atoms with Crippen molar-refractivity contribution in [2.75, 3.05) is 12.1 Å². The van der Waals surface area contributed by atoms with Crippen LogP contribution in [-0.4, -0.2) is 22.7 Å². The largest absolute Gasteiger partial charge is 0.454 e. The Labute approximate surface area is 103 Å². The minimum atomic E-state index is -0.241. The van der Waals surface area contributed by atoms with Gasteiger partial charge in [-0.25, -0.2) is 4.98 Å². The zero-order valence-corrected chi connectivity index (χ0v) is 9.69. The minimum absolute atomic E-state index is 0.215. The number of aromatic nitrogens is 2. The number of fused-ring (bicyclic) bond motifs is 1. The molecule has 0 saturated heterocycles. The van der Waals surface area contributed by atoms with E-state index in [0.29, 0.717) is 28.7 Å². The molecular weight excluding hydrogens is 234 g/mol. The van der Waals surface area contributed by atoms with Gasteiger partial charge in [-0.2, -0.15) is 0 Å². The Kier molecular flexibility index (Phi) is 2.40. The van der Waals surface area contributed by atoms with E-state index in [4.69, 9.17) is 9.47 Å². The molecule has 2 N–H and O–H groups in total. The highest BCUT2D eigenvalue weighted by Crippen LogP contribution is 2.34. The Morgan fingerprint density at radius 3 is 3.00 bits per heavy atom. The first-order chi connectivity index (χ1) is 8.72. The van der Waals surface area contributed by atoms with Crippen LogP contribution in [0.4, 0.5) is 5.69 Å². The van der Waals surface area contributed by atoms with Gasteiger partial charge in [0.2, 0.25) is 6.79 Å². The number of carbonyl (C=O) groups excluding carboxylic acids is 1. The molecule has 6 heteroatoms. The van der Waals surface area contributed by atoms with Crippen molar-refractivity contribution in [3.63, 3.8) is 0 Å². The van der Waals surface area contributed by atoms with Crippen LogP contribution in [0.1, 0.15) is 16.3 Å². The molecule has 1 aromatic carbocycles. The maximum Gasteiger partial charge on any atom is 0.273 e. The van der Waals surface area contributed by atoms with Gasteiger partial charge in [0.15, 0.2) is 11.5 Å². The van der Waals surface area contributed by atoms with Crippen molar-refractivity contribution in [2.45, 2.75) is 6.92 Å². The number of hydrogen-bond acceptors (Lipinski definition) is 4. The van der Waals surface area contributed by atoms with Crippen LogP contribution in [0.15, 0.2) is 24.4 Å². The molecule has 6 nitrogen and oxygen atoms in total. The number of nitrogens with one attached hydrogen (secondary N) is 2. The van der Waals surface area contributed by atoms with Gasteiger partial charge in [0.25, 0.3) is 5.91 Å². The summed E-state index contributed by atoms with van der Waals surface area (Å²) in [5.41, 5.74) is 1.07. The highest BCUT2D eigenvalue weighted by Gasteiger charge is 2.15. The number of aryl methyl sites for hydroxylation is 1. The minimum Gasteiger partial charge on any atom is -0.454 e. The third-order valence-electron chi connectivity index (χ3n) is 2.58. The third kappa shape index (κ3) is 1.88. The zero-order chi connectivity index (χ0) is 12.5. The monoisotopic (exact) mass is 245 g/mol. The molecule has 0 fully saturated rings. The van der Waals surface area contributed by atoms with E-state index in [0.717, 1.165) is 0 Å². The number of ether oxygens (including phenoxy) is 2. The summed E-state index contributed by atoms with van der Waals surface area (Å²) in [6.45, 7) is 2.00. The number of rotatable bonds is 2. The van der Waals surface area contributed by atoms with Crippen molar-refractivity contribution in [2.24, 2.45) is 0 Å². The van der Waals surface area contributed by atoms with E-state index in [1.807, 2.05) is 0 Å². The van der Waals surface area contributed by atoms with Gasteiger partial charge in [0.1, 0.15) is 11.5 Å². The Balaban J connectivity index is 1.78. The molecule has 0 bridgehead atoms. The normalized spacial score (nSPS) is 12.5. The van der Waals surface area contributed by atoms with Crippen LogP contribution in [0.25, 0.3) is 0 Å². The van der Waals surface area contributed by atoms with E-state index >= 15 is 0 Å². The SMILES string of the molecule is Cc1ncc(C(=O)Nc2ccc3c(c2)OCO3)[nH]1. The predicted octanol–water partition coefficient (Wildman–Crippen LogP) is 1.70. The first kappa shape index (κ1) is 10.6. The van der Waals surface area contributed by atoms with E-state index in [9.17, 15) is 4.79 Å². The summed E-state index contributed by atoms with van der Waals surface area (Å²) in [6.07, 6.45) is 1.50. The molecule has 92 valence electrons. The summed E-state index contributed by atoms with van der Waals surface area (Å²) in [5, 5.41) is 2.76. The molecule has 0 aliphatic carbocycles. The predicted molar refractivity (Wildman–Crippen MR) is 63.8 cm³/mol. The molecule has 1 aliphatic heterocycles. The second-order valence-corrected chi connectivity index (χ2v) is 3.90. The van der Waals surface area contributed by atoms with Gasteiger partial charge in [0.05, 0.1) is 6.20 Å². The van der Waals surface area contributed by atoms with Crippen LogP contribution in [0.5, 0.6) is 11.5 Å². The number of aromatic amines is 1. The fourth-order valence-corrected chi connectivity index (χ4v) is 1.71. The smallest absolute Gasteiger partial charge is 0.273 e. The maximum absolute atomic E-state index is 11.9. The van der Waals surface area contributed by atoms with Crippen LogP contribution in [0.3, 0.4) is 0 Å². The maximum atomic E-state index is 11.9. The van der Waals surface area contributed by atoms with E-state index in [2.05, 4.69) is 15.3 Å². The lowest BCUT2D eigenvalue weighted by Gasteiger charge is -2.04. The summed E-state index contributed by atoms with van der Waals surface area (Å²) in [4.78, 5) is 18.7. The number of carbonyl (C=O) groups is 1. The van der Waals surface area contributed by atoms with Gasteiger partial charge in [-0.15, -0.1) is 0 Å². The third-order valence-corrected chi connectivity index (χ3v) is 2.58. The number of nitrogens with zero attached hydrogens (tertiary/aromatic N) is 1. The van der Waals surface area contributed by atoms with Gasteiger partial charge in [-0.05, 0) is 19.1 Å². The second kappa shape index (κ2) is 4.06. The molecule has 3 rings (SSSR count). The Hall–Kier alpha value is -2.50. The topological polar surface area (TPSA) is 76.2 Å². The molecule has 2 aromatic rings. The van der Waals surface area contributed by atoms with Gasteiger partial charge >= 0.3 is 0 Å². The van der Waals surface area contributed by atoms with Crippen molar-refractivity contribution in [1.29, 1.82) is 0 Å². The molecule has 1 amide bonds. The molecule has 0 saturated carbocycles. The number of imidazole rings is 1. The fourth-order valence-electron chi connectivity index (χ4n) is 1.71. The molecular formula is C12H11N3O3. The van der Waals surface area contributed by atoms with Gasteiger partial charge < -0.3 is 19.8 Å². The number of anilines is 1. The summed E-state index contributed by atoms with van der Waals surface area (Å²) in [6, 6.07) is 5.24. The molecule has 18 heavy (non-hydrogen) atoms. The van der Waals surface area contributed by atoms with Crippen molar-refractivity contribution in [3.05, 3.63) is 35.9 Å². The van der Waals surface area contributed by atoms with Crippen LogP contribution in [-0.2, 0) is 0 Å². The Bertz CT molecular complexity index is 606. The molecule has 0 radical (unpaired) electrons. The van der Waals surface area contributed by atoms with Gasteiger partial charge in [-0.3, -0.25) is 4.79 Å². The second-order valence-electron chi connectivity index (χ2n) is 3.90. The molecule has 2 heterocycles. The first-order valence-corrected chi connectivity index (χ1v) is 5.45. The van der Waals surface area contributed by atoms with Crippen molar-refractivity contribution >= 4 is 11.6 Å². The van der Waals surface area contributed by atoms with E-state index in [1.54, 1.807) is 25.1 Å². The van der Waals surface area contributed by atoms with Crippen LogP contribution < -0.4 is 14.8 Å². The van der Waals surface area contributed by atoms with Crippen molar-refractivity contribution < 1.29 is 14.3 Å². The lowest BCUT2D eigenvalue weighted by Crippen LogP contribution is -2.12. The fraction of sp³-hybridized carbons (Fsp3) is 0.167. The van der Waals surface area contributed by atoms with Crippen LogP contribution in [0, 0.1) is 6.92 Å². The summed E-state index contributed by atoms with van der Waals surface area (Å²) in [7, 11) is 0. The lowest BCUT2D eigenvalue weighted by molar-refractivity contribution is 0.102. The van der Waals surface area contributed by atoms with E-state index in [1.165, 1.54) is 6.20 Å². The van der Waals surface area contributed by atoms with Crippen molar-refractivity contribution in [1.82, 2.24) is 9.97 Å². The molecule has 0 unspecified atom stereocenters. The average molecular weight is 245 g/mol. The number of benzene rings is 1. The Morgan fingerprint density at radius 1 is 1.39 bits per heavy atom. The molecule has 1 aliphatic rings.